The lowest BCUT2D eigenvalue weighted by Gasteiger charge is -2.12. The molecule has 0 saturated carbocycles. The highest BCUT2D eigenvalue weighted by atomic mass is 19.1. The molecule has 0 aromatic heterocycles. The third-order valence-corrected chi connectivity index (χ3v) is 6.32. The molecular formula is C35H34F2N4. The van der Waals surface area contributed by atoms with Gasteiger partial charge in [-0.2, -0.15) is 0 Å². The molecule has 0 aliphatic heterocycles. The average molecular weight is 549 g/mol. The molecule has 0 aliphatic carbocycles. The zero-order chi connectivity index (χ0) is 29.2. The van der Waals surface area contributed by atoms with Crippen molar-refractivity contribution in [1.82, 2.24) is 0 Å². The lowest BCUT2D eigenvalue weighted by Crippen LogP contribution is -2.08. The predicted octanol–water partition coefficient (Wildman–Crippen LogP) is 8.76. The molecule has 0 atom stereocenters. The van der Waals surface area contributed by atoms with Crippen LogP contribution in [-0.4, -0.2) is 39.6 Å². The second-order valence-corrected chi connectivity index (χ2v) is 9.97. The van der Waals surface area contributed by atoms with Crippen LogP contribution >= 0.6 is 0 Å². The van der Waals surface area contributed by atoms with Crippen molar-refractivity contribution < 1.29 is 8.78 Å². The largest absolute Gasteiger partial charge is 0.378 e. The van der Waals surface area contributed by atoms with E-state index in [1.165, 1.54) is 24.3 Å². The first-order valence-electron chi connectivity index (χ1n) is 13.3. The minimum atomic E-state index is -0.316. The number of allylic oxidation sites excluding steroid dienone is 2. The summed E-state index contributed by atoms with van der Waals surface area (Å²) in [6.07, 6.45) is 8.30. The smallest absolute Gasteiger partial charge is 0.123 e. The summed E-state index contributed by atoms with van der Waals surface area (Å²) in [6, 6.07) is 28.6. The van der Waals surface area contributed by atoms with Gasteiger partial charge in [-0.15, -0.1) is 0 Å². The number of hydrogen-bond donors (Lipinski definition) is 0. The second-order valence-electron chi connectivity index (χ2n) is 9.97. The molecule has 4 rings (SSSR count). The van der Waals surface area contributed by atoms with Crippen molar-refractivity contribution in [3.63, 3.8) is 0 Å². The summed E-state index contributed by atoms with van der Waals surface area (Å²) >= 11 is 0. The van der Waals surface area contributed by atoms with Crippen LogP contribution in [0.3, 0.4) is 0 Å². The fourth-order valence-corrected chi connectivity index (χ4v) is 3.97. The molecule has 0 unspecified atom stereocenters. The zero-order valence-corrected chi connectivity index (χ0v) is 23.8. The van der Waals surface area contributed by atoms with Crippen molar-refractivity contribution in [3.8, 4) is 0 Å². The second kappa shape index (κ2) is 14.0. The van der Waals surface area contributed by atoms with Gasteiger partial charge in [-0.3, -0.25) is 9.98 Å². The number of rotatable bonds is 10. The summed E-state index contributed by atoms with van der Waals surface area (Å²) in [7, 11) is 8.02. The van der Waals surface area contributed by atoms with E-state index >= 15 is 0 Å². The molecule has 0 spiro atoms. The molecule has 0 amide bonds. The number of nitrogens with zero attached hydrogens (tertiary/aromatic N) is 4. The van der Waals surface area contributed by atoms with E-state index in [1.54, 1.807) is 24.3 Å². The highest BCUT2D eigenvalue weighted by molar-refractivity contribution is 6.16. The Bertz CT molecular complexity index is 1410. The molecule has 4 aromatic rings. The summed E-state index contributed by atoms with van der Waals surface area (Å²) in [4.78, 5) is 13.7. The average Bonchev–Trinajstić information content (AvgIpc) is 2.97. The van der Waals surface area contributed by atoms with Crippen LogP contribution in [0.2, 0.25) is 0 Å². The van der Waals surface area contributed by atoms with E-state index in [-0.39, 0.29) is 11.6 Å². The van der Waals surface area contributed by atoms with E-state index in [0.29, 0.717) is 17.8 Å². The standard InChI is InChI=1S/C35H34F2N4/c1-40(2)34-21-7-26(8-22-34)5-15-32(38-30-17-11-28(36)12-18-30)25-33(39-31-19-13-29(37)14-20-31)16-6-27-9-23-35(24-10-27)41(3)4/h5-24H,25H2,1-4H3. The Hall–Kier alpha value is -4.84. The van der Waals surface area contributed by atoms with E-state index in [2.05, 4.69) is 24.3 Å². The normalized spacial score (nSPS) is 12.3. The third-order valence-electron chi connectivity index (χ3n) is 6.32. The molecule has 0 heterocycles. The van der Waals surface area contributed by atoms with Gasteiger partial charge in [0.05, 0.1) is 11.4 Å². The summed E-state index contributed by atoms with van der Waals surface area (Å²) in [5, 5.41) is 0. The zero-order valence-electron chi connectivity index (χ0n) is 23.8. The molecule has 4 nitrogen and oxygen atoms in total. The fourth-order valence-electron chi connectivity index (χ4n) is 3.97. The lowest BCUT2D eigenvalue weighted by molar-refractivity contribution is 0.627. The third kappa shape index (κ3) is 9.11. The van der Waals surface area contributed by atoms with Gasteiger partial charge in [0.15, 0.2) is 0 Å². The van der Waals surface area contributed by atoms with Crippen molar-refractivity contribution in [2.24, 2.45) is 9.98 Å². The van der Waals surface area contributed by atoms with Gasteiger partial charge in [0, 0.05) is 57.4 Å². The molecule has 0 N–H and O–H groups in total. The number of anilines is 2. The van der Waals surface area contributed by atoms with Crippen LogP contribution in [0.15, 0.2) is 119 Å². The van der Waals surface area contributed by atoms with Crippen LogP contribution in [0.5, 0.6) is 0 Å². The van der Waals surface area contributed by atoms with Crippen molar-refractivity contribution in [2.75, 3.05) is 38.0 Å². The minimum absolute atomic E-state index is 0.316. The van der Waals surface area contributed by atoms with E-state index in [0.717, 1.165) is 33.9 Å². The van der Waals surface area contributed by atoms with Gasteiger partial charge in [0.25, 0.3) is 0 Å². The van der Waals surface area contributed by atoms with Gasteiger partial charge in [-0.05, 0) is 96.1 Å². The van der Waals surface area contributed by atoms with Crippen LogP contribution in [0.4, 0.5) is 31.5 Å². The van der Waals surface area contributed by atoms with E-state index in [4.69, 9.17) is 9.98 Å². The molecule has 0 saturated heterocycles. The maximum atomic E-state index is 13.6. The SMILES string of the molecule is CN(C)c1ccc(C=CC(CC(C=Cc2ccc(N(C)C)cc2)=Nc2ccc(F)cc2)=Nc2ccc(F)cc2)cc1. The fraction of sp³-hybridized carbons (Fsp3) is 0.143. The maximum Gasteiger partial charge on any atom is 0.123 e. The minimum Gasteiger partial charge on any atom is -0.378 e. The number of benzene rings is 4. The van der Waals surface area contributed by atoms with Crippen molar-refractivity contribution >= 4 is 46.3 Å². The summed E-state index contributed by atoms with van der Waals surface area (Å²) in [5.41, 5.74) is 7.02. The Balaban J connectivity index is 1.69. The van der Waals surface area contributed by atoms with Crippen molar-refractivity contribution in [1.29, 1.82) is 0 Å². The lowest BCUT2D eigenvalue weighted by atomic mass is 10.1. The Morgan fingerprint density at radius 2 is 0.878 bits per heavy atom. The number of halogens is 2. The molecule has 6 heteroatoms. The van der Waals surface area contributed by atoms with Gasteiger partial charge in [-0.25, -0.2) is 8.78 Å². The Labute approximate surface area is 241 Å². The quantitative estimate of drug-likeness (QED) is 0.186. The molecule has 41 heavy (non-hydrogen) atoms. The Morgan fingerprint density at radius 1 is 0.537 bits per heavy atom. The summed E-state index contributed by atoms with van der Waals surface area (Å²) in [5.74, 6) is -0.632. The van der Waals surface area contributed by atoms with Crippen molar-refractivity contribution in [3.05, 3.63) is 132 Å². The van der Waals surface area contributed by atoms with Gasteiger partial charge in [-0.1, -0.05) is 36.4 Å². The summed E-state index contributed by atoms with van der Waals surface area (Å²) < 4.78 is 27.1. The molecular weight excluding hydrogens is 514 g/mol. The molecule has 4 aromatic carbocycles. The van der Waals surface area contributed by atoms with Crippen LogP contribution in [0, 0.1) is 11.6 Å². The van der Waals surface area contributed by atoms with Crippen LogP contribution in [-0.2, 0) is 0 Å². The van der Waals surface area contributed by atoms with Crippen LogP contribution in [0.1, 0.15) is 17.5 Å². The van der Waals surface area contributed by atoms with E-state index in [1.807, 2.05) is 86.6 Å². The molecule has 0 bridgehead atoms. The van der Waals surface area contributed by atoms with Gasteiger partial charge < -0.3 is 9.80 Å². The molecule has 208 valence electrons. The Kier molecular flexibility index (Phi) is 9.94. The first kappa shape index (κ1) is 29.2. The number of hydrogen-bond acceptors (Lipinski definition) is 4. The monoisotopic (exact) mass is 548 g/mol. The predicted molar refractivity (Wildman–Crippen MR) is 171 cm³/mol. The van der Waals surface area contributed by atoms with Crippen LogP contribution < -0.4 is 9.80 Å². The van der Waals surface area contributed by atoms with Crippen molar-refractivity contribution in [2.45, 2.75) is 6.42 Å². The van der Waals surface area contributed by atoms with Crippen LogP contribution in [0.25, 0.3) is 12.2 Å². The van der Waals surface area contributed by atoms with Gasteiger partial charge in [0.2, 0.25) is 0 Å². The Morgan fingerprint density at radius 3 is 1.20 bits per heavy atom. The van der Waals surface area contributed by atoms with E-state index < -0.39 is 0 Å². The van der Waals surface area contributed by atoms with Gasteiger partial charge in [0.1, 0.15) is 11.6 Å². The number of aliphatic imine (C=N–C) groups is 2. The molecule has 0 aliphatic rings. The first-order valence-corrected chi connectivity index (χ1v) is 13.3. The first-order chi connectivity index (χ1) is 19.7. The molecule has 0 radical (unpaired) electrons. The van der Waals surface area contributed by atoms with Gasteiger partial charge >= 0.3 is 0 Å². The highest BCUT2D eigenvalue weighted by Gasteiger charge is 2.05. The topological polar surface area (TPSA) is 31.2 Å². The molecule has 0 fully saturated rings. The maximum absolute atomic E-state index is 13.6. The van der Waals surface area contributed by atoms with E-state index in [9.17, 15) is 8.78 Å². The summed E-state index contributed by atoms with van der Waals surface area (Å²) in [6.45, 7) is 0. The highest BCUT2D eigenvalue weighted by Crippen LogP contribution is 2.19.